The van der Waals surface area contributed by atoms with E-state index in [-0.39, 0.29) is 11.8 Å². The second-order valence-electron chi connectivity index (χ2n) is 5.89. The predicted octanol–water partition coefficient (Wildman–Crippen LogP) is 3.35. The number of carbonyl (C=O) groups excluding carboxylic acids is 1. The van der Waals surface area contributed by atoms with E-state index in [0.29, 0.717) is 13.0 Å². The summed E-state index contributed by atoms with van der Waals surface area (Å²) in [6.07, 6.45) is 10.4. The number of hydrogen-bond donors (Lipinski definition) is 2. The summed E-state index contributed by atoms with van der Waals surface area (Å²) in [7, 11) is 0. The van der Waals surface area contributed by atoms with Crippen molar-refractivity contribution in [2.24, 2.45) is 11.8 Å². The molecule has 1 rings (SSSR count). The van der Waals surface area contributed by atoms with Crippen LogP contribution in [0.4, 0.5) is 0 Å². The summed E-state index contributed by atoms with van der Waals surface area (Å²) >= 11 is 0. The molecule has 1 fully saturated rings. The maximum absolute atomic E-state index is 12.1. The molecule has 1 amide bonds. The molecule has 0 aromatic heterocycles. The zero-order chi connectivity index (χ0) is 14.8. The maximum Gasteiger partial charge on any atom is 0.307 e. The second kappa shape index (κ2) is 9.78. The van der Waals surface area contributed by atoms with E-state index >= 15 is 0 Å². The van der Waals surface area contributed by atoms with Crippen LogP contribution >= 0.6 is 0 Å². The van der Waals surface area contributed by atoms with Gasteiger partial charge in [-0.05, 0) is 19.3 Å². The van der Waals surface area contributed by atoms with Gasteiger partial charge in [0.2, 0.25) is 5.91 Å². The van der Waals surface area contributed by atoms with Crippen LogP contribution in [0, 0.1) is 11.8 Å². The average Bonchev–Trinajstić information content (AvgIpc) is 2.46. The van der Waals surface area contributed by atoms with Gasteiger partial charge in [0.05, 0.1) is 11.8 Å². The molecule has 0 radical (unpaired) electrons. The maximum atomic E-state index is 12.1. The van der Waals surface area contributed by atoms with E-state index in [1.54, 1.807) is 0 Å². The summed E-state index contributed by atoms with van der Waals surface area (Å²) in [5.74, 6) is -1.66. The molecule has 0 bridgehead atoms. The van der Waals surface area contributed by atoms with Crippen molar-refractivity contribution in [1.29, 1.82) is 0 Å². The van der Waals surface area contributed by atoms with Crippen molar-refractivity contribution >= 4 is 11.9 Å². The van der Waals surface area contributed by atoms with Crippen LogP contribution in [-0.4, -0.2) is 23.5 Å². The first-order chi connectivity index (χ1) is 9.66. The van der Waals surface area contributed by atoms with Crippen molar-refractivity contribution in [1.82, 2.24) is 5.32 Å². The van der Waals surface area contributed by atoms with E-state index in [1.807, 2.05) is 0 Å². The first kappa shape index (κ1) is 17.0. The Kier molecular flexibility index (Phi) is 8.31. The van der Waals surface area contributed by atoms with Gasteiger partial charge in [-0.2, -0.15) is 0 Å². The standard InChI is InChI=1S/C16H29NO3/c1-2-3-4-5-6-9-12-17-15(18)13-10-7-8-11-14(13)16(19)20/h13-14H,2-12H2,1H3,(H,17,18)(H,19,20). The van der Waals surface area contributed by atoms with E-state index in [1.165, 1.54) is 25.7 Å². The van der Waals surface area contributed by atoms with Gasteiger partial charge >= 0.3 is 5.97 Å². The number of amides is 1. The molecular formula is C16H29NO3. The summed E-state index contributed by atoms with van der Waals surface area (Å²) in [6, 6.07) is 0. The van der Waals surface area contributed by atoms with Crippen molar-refractivity contribution in [3.63, 3.8) is 0 Å². The molecule has 1 saturated carbocycles. The van der Waals surface area contributed by atoms with Gasteiger partial charge in [0.15, 0.2) is 0 Å². The normalized spacial score (nSPS) is 22.4. The molecule has 20 heavy (non-hydrogen) atoms. The van der Waals surface area contributed by atoms with E-state index in [9.17, 15) is 9.59 Å². The first-order valence-corrected chi connectivity index (χ1v) is 8.17. The molecule has 4 heteroatoms. The molecule has 1 aliphatic rings. The Morgan fingerprint density at radius 1 is 1.00 bits per heavy atom. The Morgan fingerprint density at radius 3 is 2.25 bits per heavy atom. The molecule has 0 aliphatic heterocycles. The summed E-state index contributed by atoms with van der Waals surface area (Å²) in [6.45, 7) is 2.89. The molecule has 2 unspecified atom stereocenters. The van der Waals surface area contributed by atoms with Crippen LogP contribution in [0.2, 0.25) is 0 Å². The Hall–Kier alpha value is -1.06. The van der Waals surface area contributed by atoms with Gasteiger partial charge in [-0.15, -0.1) is 0 Å². The number of carboxylic acid groups (broad SMARTS) is 1. The molecule has 2 N–H and O–H groups in total. The minimum atomic E-state index is -0.815. The number of unbranched alkanes of at least 4 members (excludes halogenated alkanes) is 5. The number of carbonyl (C=O) groups is 2. The van der Waals surface area contributed by atoms with Crippen LogP contribution in [0.1, 0.15) is 71.1 Å². The lowest BCUT2D eigenvalue weighted by molar-refractivity contribution is -0.148. The molecule has 0 heterocycles. The number of carboxylic acids is 1. The van der Waals surface area contributed by atoms with Crippen LogP contribution in [-0.2, 0) is 9.59 Å². The molecule has 0 aromatic rings. The molecular weight excluding hydrogens is 254 g/mol. The van der Waals surface area contributed by atoms with Gasteiger partial charge in [0, 0.05) is 6.54 Å². The van der Waals surface area contributed by atoms with Crippen LogP contribution in [0.25, 0.3) is 0 Å². The number of nitrogens with one attached hydrogen (secondary N) is 1. The third-order valence-corrected chi connectivity index (χ3v) is 4.25. The van der Waals surface area contributed by atoms with E-state index in [0.717, 1.165) is 32.1 Å². The van der Waals surface area contributed by atoms with Crippen LogP contribution in [0.3, 0.4) is 0 Å². The third kappa shape index (κ3) is 5.93. The number of hydrogen-bond acceptors (Lipinski definition) is 2. The zero-order valence-electron chi connectivity index (χ0n) is 12.7. The van der Waals surface area contributed by atoms with E-state index < -0.39 is 11.9 Å². The zero-order valence-corrected chi connectivity index (χ0v) is 12.7. The van der Waals surface area contributed by atoms with Gasteiger partial charge < -0.3 is 10.4 Å². The predicted molar refractivity (Wildman–Crippen MR) is 79.5 cm³/mol. The topological polar surface area (TPSA) is 66.4 Å². The number of aliphatic carboxylic acids is 1. The fraction of sp³-hybridized carbons (Fsp3) is 0.875. The van der Waals surface area contributed by atoms with Crippen molar-refractivity contribution in [3.05, 3.63) is 0 Å². The van der Waals surface area contributed by atoms with E-state index in [2.05, 4.69) is 12.2 Å². The molecule has 0 aromatic carbocycles. The SMILES string of the molecule is CCCCCCCCNC(=O)C1CCCCC1C(=O)O. The Balaban J connectivity index is 2.19. The molecule has 4 nitrogen and oxygen atoms in total. The summed E-state index contributed by atoms with van der Waals surface area (Å²) in [4.78, 5) is 23.2. The quantitative estimate of drug-likeness (QED) is 0.638. The lowest BCUT2D eigenvalue weighted by atomic mass is 9.78. The molecule has 116 valence electrons. The van der Waals surface area contributed by atoms with E-state index in [4.69, 9.17) is 5.11 Å². The minimum absolute atomic E-state index is 0.0503. The smallest absolute Gasteiger partial charge is 0.307 e. The number of rotatable bonds is 9. The summed E-state index contributed by atoms with van der Waals surface area (Å²) < 4.78 is 0. The summed E-state index contributed by atoms with van der Waals surface area (Å²) in [5.41, 5.74) is 0. The Labute approximate surface area is 122 Å². The third-order valence-electron chi connectivity index (χ3n) is 4.25. The van der Waals surface area contributed by atoms with Gasteiger partial charge in [0.25, 0.3) is 0 Å². The minimum Gasteiger partial charge on any atom is -0.481 e. The van der Waals surface area contributed by atoms with Gasteiger partial charge in [-0.1, -0.05) is 51.9 Å². The van der Waals surface area contributed by atoms with Crippen molar-refractivity contribution in [3.8, 4) is 0 Å². The largest absolute Gasteiger partial charge is 0.481 e. The Morgan fingerprint density at radius 2 is 1.60 bits per heavy atom. The molecule has 0 spiro atoms. The van der Waals surface area contributed by atoms with Gasteiger partial charge in [0.1, 0.15) is 0 Å². The highest BCUT2D eigenvalue weighted by molar-refractivity contribution is 5.84. The lowest BCUT2D eigenvalue weighted by Gasteiger charge is -2.27. The highest BCUT2D eigenvalue weighted by Crippen LogP contribution is 2.30. The fourth-order valence-corrected chi connectivity index (χ4v) is 2.99. The van der Waals surface area contributed by atoms with Crippen molar-refractivity contribution in [2.45, 2.75) is 71.1 Å². The fourth-order valence-electron chi connectivity index (χ4n) is 2.99. The lowest BCUT2D eigenvalue weighted by Crippen LogP contribution is -2.40. The van der Waals surface area contributed by atoms with Crippen LogP contribution < -0.4 is 5.32 Å². The highest BCUT2D eigenvalue weighted by atomic mass is 16.4. The molecule has 0 saturated heterocycles. The highest BCUT2D eigenvalue weighted by Gasteiger charge is 2.35. The van der Waals surface area contributed by atoms with Gasteiger partial charge in [-0.25, -0.2) is 0 Å². The van der Waals surface area contributed by atoms with Gasteiger partial charge in [-0.3, -0.25) is 9.59 Å². The molecule has 2 atom stereocenters. The first-order valence-electron chi connectivity index (χ1n) is 8.17. The second-order valence-corrected chi connectivity index (χ2v) is 5.89. The monoisotopic (exact) mass is 283 g/mol. The summed E-state index contributed by atoms with van der Waals surface area (Å²) in [5, 5.41) is 12.1. The van der Waals surface area contributed by atoms with Crippen LogP contribution in [0.15, 0.2) is 0 Å². The molecule has 1 aliphatic carbocycles. The van der Waals surface area contributed by atoms with Crippen LogP contribution in [0.5, 0.6) is 0 Å². The van der Waals surface area contributed by atoms with Crippen molar-refractivity contribution in [2.75, 3.05) is 6.54 Å². The Bertz CT molecular complexity index is 304. The van der Waals surface area contributed by atoms with Crippen molar-refractivity contribution < 1.29 is 14.7 Å². The average molecular weight is 283 g/mol.